The van der Waals surface area contributed by atoms with E-state index in [9.17, 15) is 4.79 Å². The standard InChI is InChI=1S/C22H23N5OS3/c1-3-15-8-7-9-16(4-2)20(15)25-21-26-27-22(31-21)30-14-19(28)24-17-10-5-6-11-18(17)29-13-12-23/h5-11H,3-4,13-14H2,1-2H3,(H,24,28)(H,25,26). The van der Waals surface area contributed by atoms with Crippen LogP contribution in [0.1, 0.15) is 25.0 Å². The van der Waals surface area contributed by atoms with Crippen LogP contribution in [0.5, 0.6) is 0 Å². The van der Waals surface area contributed by atoms with Crippen molar-refractivity contribution in [2.75, 3.05) is 22.1 Å². The molecule has 0 aliphatic rings. The number of anilines is 3. The summed E-state index contributed by atoms with van der Waals surface area (Å²) in [5.74, 6) is 0.449. The van der Waals surface area contributed by atoms with Gasteiger partial charge in [-0.2, -0.15) is 5.26 Å². The fraction of sp³-hybridized carbons (Fsp3) is 0.273. The van der Waals surface area contributed by atoms with Crippen LogP contribution >= 0.6 is 34.9 Å². The molecule has 9 heteroatoms. The second-order valence-electron chi connectivity index (χ2n) is 6.44. The number of carbonyl (C=O) groups excluding carboxylic acids is 1. The molecule has 0 fully saturated rings. The molecule has 3 aromatic rings. The average Bonchev–Trinajstić information content (AvgIpc) is 3.24. The van der Waals surface area contributed by atoms with Crippen molar-refractivity contribution in [1.29, 1.82) is 5.26 Å². The minimum atomic E-state index is -0.121. The highest BCUT2D eigenvalue weighted by Gasteiger charge is 2.13. The maximum Gasteiger partial charge on any atom is 0.234 e. The Bertz CT molecular complexity index is 1050. The number of benzene rings is 2. The number of nitrogens with one attached hydrogen (secondary N) is 2. The second-order valence-corrected chi connectivity index (χ2v) is 9.65. The first-order chi connectivity index (χ1) is 15.1. The average molecular weight is 470 g/mol. The van der Waals surface area contributed by atoms with Crippen molar-refractivity contribution in [2.24, 2.45) is 0 Å². The zero-order valence-corrected chi connectivity index (χ0v) is 19.8. The Morgan fingerprint density at radius 2 is 1.81 bits per heavy atom. The number of hydrogen-bond donors (Lipinski definition) is 2. The van der Waals surface area contributed by atoms with Gasteiger partial charge in [-0.25, -0.2) is 0 Å². The van der Waals surface area contributed by atoms with Crippen LogP contribution in [0.3, 0.4) is 0 Å². The summed E-state index contributed by atoms with van der Waals surface area (Å²) < 4.78 is 0.733. The highest BCUT2D eigenvalue weighted by atomic mass is 32.2. The van der Waals surface area contributed by atoms with Gasteiger partial charge in [0.2, 0.25) is 11.0 Å². The SMILES string of the molecule is CCc1cccc(CC)c1Nc1nnc(SCC(=O)Nc2ccccc2SCC#N)s1. The number of nitrogens with zero attached hydrogens (tertiary/aromatic N) is 3. The Morgan fingerprint density at radius 3 is 2.52 bits per heavy atom. The first kappa shape index (κ1) is 23.1. The number of aryl methyl sites for hydroxylation is 2. The Morgan fingerprint density at radius 1 is 1.06 bits per heavy atom. The van der Waals surface area contributed by atoms with Gasteiger partial charge in [0.05, 0.1) is 23.3 Å². The summed E-state index contributed by atoms with van der Waals surface area (Å²) in [4.78, 5) is 13.3. The van der Waals surface area contributed by atoms with Gasteiger partial charge in [-0.15, -0.1) is 22.0 Å². The molecule has 2 aromatic carbocycles. The van der Waals surface area contributed by atoms with Crippen molar-refractivity contribution in [1.82, 2.24) is 10.2 Å². The number of thioether (sulfide) groups is 2. The summed E-state index contributed by atoms with van der Waals surface area (Å²) in [5.41, 5.74) is 4.31. The number of hydrogen-bond acceptors (Lipinski definition) is 8. The van der Waals surface area contributed by atoms with E-state index in [2.05, 4.69) is 58.9 Å². The van der Waals surface area contributed by atoms with Crippen molar-refractivity contribution in [3.63, 3.8) is 0 Å². The van der Waals surface area contributed by atoms with E-state index in [1.165, 1.54) is 46.0 Å². The van der Waals surface area contributed by atoms with E-state index in [1.807, 2.05) is 24.3 Å². The predicted molar refractivity (Wildman–Crippen MR) is 131 cm³/mol. The third-order valence-corrected chi connectivity index (χ3v) is 7.33. The third-order valence-electron chi connectivity index (χ3n) is 4.42. The Kier molecular flexibility index (Phi) is 8.76. The van der Waals surface area contributed by atoms with E-state index in [1.54, 1.807) is 0 Å². The van der Waals surface area contributed by atoms with Gasteiger partial charge < -0.3 is 10.6 Å². The first-order valence-electron chi connectivity index (χ1n) is 9.87. The van der Waals surface area contributed by atoms with Crippen LogP contribution < -0.4 is 10.6 Å². The third kappa shape index (κ3) is 6.47. The van der Waals surface area contributed by atoms with E-state index >= 15 is 0 Å². The van der Waals surface area contributed by atoms with E-state index in [4.69, 9.17) is 5.26 Å². The Hall–Kier alpha value is -2.54. The van der Waals surface area contributed by atoms with Gasteiger partial charge in [-0.05, 0) is 36.1 Å². The van der Waals surface area contributed by atoms with Crippen LogP contribution in [0.15, 0.2) is 51.7 Å². The summed E-state index contributed by atoms with van der Waals surface area (Å²) in [6.07, 6.45) is 1.87. The minimum absolute atomic E-state index is 0.121. The van der Waals surface area contributed by atoms with Gasteiger partial charge in [0, 0.05) is 10.6 Å². The van der Waals surface area contributed by atoms with E-state index < -0.39 is 0 Å². The molecule has 0 atom stereocenters. The Balaban J connectivity index is 1.59. The molecule has 6 nitrogen and oxygen atoms in total. The molecule has 0 saturated carbocycles. The van der Waals surface area contributed by atoms with E-state index in [0.29, 0.717) is 5.75 Å². The number of aromatic nitrogens is 2. The molecule has 2 N–H and O–H groups in total. The molecular formula is C22H23N5OS3. The monoisotopic (exact) mass is 469 g/mol. The van der Waals surface area contributed by atoms with Gasteiger partial charge in [-0.1, -0.05) is 67.3 Å². The molecule has 31 heavy (non-hydrogen) atoms. The maximum atomic E-state index is 12.4. The molecule has 160 valence electrons. The molecule has 1 aromatic heterocycles. The van der Waals surface area contributed by atoms with Crippen LogP contribution in [-0.4, -0.2) is 27.6 Å². The smallest absolute Gasteiger partial charge is 0.234 e. The molecule has 0 aliphatic heterocycles. The van der Waals surface area contributed by atoms with Crippen molar-refractivity contribution < 1.29 is 4.79 Å². The molecule has 1 amide bonds. The zero-order chi connectivity index (χ0) is 22.1. The lowest BCUT2D eigenvalue weighted by atomic mass is 10.0. The van der Waals surface area contributed by atoms with Crippen LogP contribution in [-0.2, 0) is 17.6 Å². The number of rotatable bonds is 10. The highest BCUT2D eigenvalue weighted by molar-refractivity contribution is 8.01. The summed E-state index contributed by atoms with van der Waals surface area (Å²) >= 11 is 4.20. The molecule has 0 radical (unpaired) electrons. The Labute approximate surface area is 194 Å². The molecule has 0 aliphatic carbocycles. The fourth-order valence-electron chi connectivity index (χ4n) is 2.95. The van der Waals surface area contributed by atoms with Crippen molar-refractivity contribution in [3.05, 3.63) is 53.6 Å². The second kappa shape index (κ2) is 11.7. The highest BCUT2D eigenvalue weighted by Crippen LogP contribution is 2.32. The summed E-state index contributed by atoms with van der Waals surface area (Å²) in [7, 11) is 0. The molecule has 0 bridgehead atoms. The van der Waals surface area contributed by atoms with E-state index in [0.717, 1.165) is 38.6 Å². The zero-order valence-electron chi connectivity index (χ0n) is 17.3. The lowest BCUT2D eigenvalue weighted by Gasteiger charge is -2.13. The molecule has 0 spiro atoms. The summed E-state index contributed by atoms with van der Waals surface area (Å²) in [6, 6.07) is 15.9. The van der Waals surface area contributed by atoms with Crippen molar-refractivity contribution in [2.45, 2.75) is 35.9 Å². The van der Waals surface area contributed by atoms with Crippen molar-refractivity contribution in [3.8, 4) is 6.07 Å². The summed E-state index contributed by atoms with van der Waals surface area (Å²) in [6.45, 7) is 4.27. The van der Waals surface area contributed by atoms with Gasteiger partial charge in [-0.3, -0.25) is 4.79 Å². The number of carbonyl (C=O) groups is 1. The maximum absolute atomic E-state index is 12.4. The molecule has 0 saturated heterocycles. The van der Waals surface area contributed by atoms with Gasteiger partial charge in [0.15, 0.2) is 4.34 Å². The normalized spacial score (nSPS) is 10.5. The molecule has 3 rings (SSSR count). The van der Waals surface area contributed by atoms with Crippen LogP contribution in [0.4, 0.5) is 16.5 Å². The van der Waals surface area contributed by atoms with E-state index in [-0.39, 0.29) is 11.7 Å². The molecule has 1 heterocycles. The number of amides is 1. The van der Waals surface area contributed by atoms with Gasteiger partial charge in [0.25, 0.3) is 0 Å². The first-order valence-corrected chi connectivity index (χ1v) is 12.7. The van der Waals surface area contributed by atoms with Crippen LogP contribution in [0.2, 0.25) is 0 Å². The fourth-order valence-corrected chi connectivity index (χ4v) is 5.17. The van der Waals surface area contributed by atoms with Gasteiger partial charge in [0.1, 0.15) is 0 Å². The van der Waals surface area contributed by atoms with Crippen LogP contribution in [0.25, 0.3) is 0 Å². The lowest BCUT2D eigenvalue weighted by Crippen LogP contribution is -2.14. The van der Waals surface area contributed by atoms with Gasteiger partial charge >= 0.3 is 0 Å². The lowest BCUT2D eigenvalue weighted by molar-refractivity contribution is -0.113. The molecular weight excluding hydrogens is 446 g/mol. The quantitative estimate of drug-likeness (QED) is 0.365. The topological polar surface area (TPSA) is 90.7 Å². The number of para-hydroxylation sites is 2. The minimum Gasteiger partial charge on any atom is -0.330 e. The van der Waals surface area contributed by atoms with Crippen molar-refractivity contribution >= 4 is 57.3 Å². The largest absolute Gasteiger partial charge is 0.330 e. The summed E-state index contributed by atoms with van der Waals surface area (Å²) in [5, 5.41) is 24.3. The molecule has 0 unspecified atom stereocenters. The predicted octanol–water partition coefficient (Wildman–Crippen LogP) is 5.75. The van der Waals surface area contributed by atoms with Crippen LogP contribution in [0, 0.1) is 11.3 Å². The number of nitriles is 1.